The molecule has 2 aromatic rings. The topological polar surface area (TPSA) is 24.5 Å². The number of fused-ring (bicyclic) bond motifs is 4. The Bertz CT molecular complexity index is 856. The van der Waals surface area contributed by atoms with Crippen LogP contribution in [0, 0.1) is 5.92 Å². The van der Waals surface area contributed by atoms with Crippen LogP contribution in [-0.4, -0.2) is 10.7 Å². The molecule has 26 heavy (non-hydrogen) atoms. The van der Waals surface area contributed by atoms with Crippen molar-refractivity contribution in [1.29, 1.82) is 0 Å². The van der Waals surface area contributed by atoms with Gasteiger partial charge in [0.15, 0.2) is 5.72 Å². The van der Waals surface area contributed by atoms with E-state index < -0.39 is 0 Å². The van der Waals surface area contributed by atoms with E-state index in [-0.39, 0.29) is 11.8 Å². The Morgan fingerprint density at radius 3 is 2.65 bits per heavy atom. The SMILES string of the molecule is CC1CCC2(CC1)Oc1ccc(Cl)cc1[C@@H]1C=C(c3ccccc3)NN12. The Hall–Kier alpha value is -1.97. The molecule has 1 N–H and O–H groups in total. The van der Waals surface area contributed by atoms with E-state index in [1.807, 2.05) is 18.2 Å². The molecular weight excluding hydrogens is 344 g/mol. The summed E-state index contributed by atoms with van der Waals surface area (Å²) in [6.07, 6.45) is 6.76. The summed E-state index contributed by atoms with van der Waals surface area (Å²) in [6, 6.07) is 16.6. The molecule has 2 aromatic carbocycles. The van der Waals surface area contributed by atoms with Gasteiger partial charge in [0.1, 0.15) is 5.75 Å². The van der Waals surface area contributed by atoms with Gasteiger partial charge >= 0.3 is 0 Å². The third kappa shape index (κ3) is 2.53. The highest BCUT2D eigenvalue weighted by atomic mass is 35.5. The third-order valence-electron chi connectivity index (χ3n) is 6.01. The molecule has 2 heterocycles. The van der Waals surface area contributed by atoms with Gasteiger partial charge < -0.3 is 10.2 Å². The van der Waals surface area contributed by atoms with Gasteiger partial charge in [-0.3, -0.25) is 0 Å². The van der Waals surface area contributed by atoms with E-state index in [1.165, 1.54) is 18.4 Å². The fourth-order valence-electron chi connectivity index (χ4n) is 4.49. The molecule has 3 nitrogen and oxygen atoms in total. The first-order valence-corrected chi connectivity index (χ1v) is 9.84. The Balaban J connectivity index is 1.59. The predicted molar refractivity (Wildman–Crippen MR) is 105 cm³/mol. The van der Waals surface area contributed by atoms with Crippen LogP contribution in [0.15, 0.2) is 54.6 Å². The van der Waals surface area contributed by atoms with Crippen LogP contribution in [0.25, 0.3) is 5.70 Å². The normalized spacial score (nSPS) is 30.2. The number of halogens is 1. The number of ether oxygens (including phenoxy) is 1. The van der Waals surface area contributed by atoms with Crippen LogP contribution in [0.1, 0.15) is 49.8 Å². The molecule has 0 aromatic heterocycles. The lowest BCUT2D eigenvalue weighted by Crippen LogP contribution is -2.60. The molecule has 1 saturated carbocycles. The van der Waals surface area contributed by atoms with Gasteiger partial charge in [-0.05, 0) is 48.6 Å². The summed E-state index contributed by atoms with van der Waals surface area (Å²) in [6.45, 7) is 2.34. The lowest BCUT2D eigenvalue weighted by molar-refractivity contribution is -0.155. The van der Waals surface area contributed by atoms with E-state index in [4.69, 9.17) is 16.3 Å². The fourth-order valence-corrected chi connectivity index (χ4v) is 4.67. The molecule has 0 radical (unpaired) electrons. The summed E-state index contributed by atoms with van der Waals surface area (Å²) >= 11 is 6.30. The smallest absolute Gasteiger partial charge is 0.180 e. The summed E-state index contributed by atoms with van der Waals surface area (Å²) in [4.78, 5) is 0. The summed E-state index contributed by atoms with van der Waals surface area (Å²) < 4.78 is 6.63. The van der Waals surface area contributed by atoms with Crippen LogP contribution in [0.3, 0.4) is 0 Å². The van der Waals surface area contributed by atoms with Gasteiger partial charge in [0, 0.05) is 23.4 Å². The van der Waals surface area contributed by atoms with Crippen molar-refractivity contribution in [3.63, 3.8) is 0 Å². The average Bonchev–Trinajstić information content (AvgIpc) is 3.12. The highest BCUT2D eigenvalue weighted by Crippen LogP contribution is 2.50. The summed E-state index contributed by atoms with van der Waals surface area (Å²) in [5, 5.41) is 3.09. The number of hydrazine groups is 1. The standard InChI is InChI=1S/C22H23ClN2O/c1-15-9-11-22(12-10-15)25-20(18-13-17(23)7-8-21(18)26-22)14-19(24-25)16-5-3-2-4-6-16/h2-8,13-15,20,24H,9-12H2,1H3/t15?,20-,22?/m0/s1. The Morgan fingerprint density at radius 2 is 1.88 bits per heavy atom. The molecule has 2 aliphatic heterocycles. The van der Waals surface area contributed by atoms with Crippen molar-refractivity contribution >= 4 is 17.3 Å². The monoisotopic (exact) mass is 366 g/mol. The van der Waals surface area contributed by atoms with Crippen LogP contribution in [-0.2, 0) is 0 Å². The molecule has 4 heteroatoms. The van der Waals surface area contributed by atoms with Crippen molar-refractivity contribution < 1.29 is 4.74 Å². The van der Waals surface area contributed by atoms with Gasteiger partial charge in [0.05, 0.1) is 11.7 Å². The summed E-state index contributed by atoms with van der Waals surface area (Å²) in [5.74, 6) is 1.73. The molecule has 1 atom stereocenters. The second-order valence-corrected chi connectivity index (χ2v) is 8.22. The molecule has 3 aliphatic rings. The van der Waals surface area contributed by atoms with Crippen molar-refractivity contribution in [2.45, 2.75) is 44.4 Å². The van der Waals surface area contributed by atoms with Crippen molar-refractivity contribution in [3.05, 3.63) is 70.8 Å². The number of hydrogen-bond donors (Lipinski definition) is 1. The van der Waals surface area contributed by atoms with Gasteiger partial charge in [-0.25, -0.2) is 0 Å². The second kappa shape index (κ2) is 6.04. The van der Waals surface area contributed by atoms with Crippen molar-refractivity contribution in [2.24, 2.45) is 5.92 Å². The Labute approximate surface area is 159 Å². The maximum absolute atomic E-state index is 6.63. The zero-order valence-electron chi connectivity index (χ0n) is 14.9. The summed E-state index contributed by atoms with van der Waals surface area (Å²) in [5.41, 5.74) is 6.87. The van der Waals surface area contributed by atoms with Gasteiger partial charge in [0.2, 0.25) is 0 Å². The first-order chi connectivity index (χ1) is 12.6. The van der Waals surface area contributed by atoms with Crippen molar-refractivity contribution in [3.8, 4) is 5.75 Å². The predicted octanol–water partition coefficient (Wildman–Crippen LogP) is 5.54. The molecule has 0 unspecified atom stereocenters. The highest BCUT2D eigenvalue weighted by Gasteiger charge is 2.51. The maximum atomic E-state index is 6.63. The lowest BCUT2D eigenvalue weighted by atomic mass is 9.82. The summed E-state index contributed by atoms with van der Waals surface area (Å²) in [7, 11) is 0. The number of nitrogens with one attached hydrogen (secondary N) is 1. The first-order valence-electron chi connectivity index (χ1n) is 9.46. The number of rotatable bonds is 1. The molecule has 0 bridgehead atoms. The van der Waals surface area contributed by atoms with E-state index >= 15 is 0 Å². The average molecular weight is 367 g/mol. The van der Waals surface area contributed by atoms with Gasteiger partial charge in [-0.1, -0.05) is 48.9 Å². The van der Waals surface area contributed by atoms with Gasteiger partial charge in [0.25, 0.3) is 0 Å². The molecule has 1 spiro atoms. The molecule has 1 fully saturated rings. The van der Waals surface area contributed by atoms with Crippen LogP contribution in [0.2, 0.25) is 5.02 Å². The van der Waals surface area contributed by atoms with Gasteiger partial charge in [-0.15, -0.1) is 0 Å². The van der Waals surface area contributed by atoms with E-state index in [1.54, 1.807) is 0 Å². The van der Waals surface area contributed by atoms with E-state index in [0.717, 1.165) is 40.8 Å². The van der Waals surface area contributed by atoms with Crippen LogP contribution >= 0.6 is 11.6 Å². The quantitative estimate of drug-likeness (QED) is 0.717. The Morgan fingerprint density at radius 1 is 1.12 bits per heavy atom. The van der Waals surface area contributed by atoms with Crippen LogP contribution in [0.4, 0.5) is 0 Å². The van der Waals surface area contributed by atoms with Crippen LogP contribution < -0.4 is 10.2 Å². The maximum Gasteiger partial charge on any atom is 0.180 e. The largest absolute Gasteiger partial charge is 0.471 e. The minimum atomic E-state index is -0.287. The van der Waals surface area contributed by atoms with Crippen molar-refractivity contribution in [2.75, 3.05) is 0 Å². The number of nitrogens with zero attached hydrogens (tertiary/aromatic N) is 1. The van der Waals surface area contributed by atoms with E-state index in [0.29, 0.717) is 0 Å². The minimum absolute atomic E-state index is 0.140. The Kier molecular flexibility index (Phi) is 3.77. The van der Waals surface area contributed by atoms with E-state index in [9.17, 15) is 0 Å². The second-order valence-electron chi connectivity index (χ2n) is 7.79. The fraction of sp³-hybridized carbons (Fsp3) is 0.364. The first kappa shape index (κ1) is 16.2. The van der Waals surface area contributed by atoms with Crippen molar-refractivity contribution in [1.82, 2.24) is 10.4 Å². The molecule has 0 amide bonds. The molecule has 5 rings (SSSR count). The van der Waals surface area contributed by atoms with Crippen LogP contribution in [0.5, 0.6) is 5.75 Å². The molecule has 0 saturated heterocycles. The third-order valence-corrected chi connectivity index (χ3v) is 6.25. The zero-order chi connectivity index (χ0) is 17.7. The van der Waals surface area contributed by atoms with Gasteiger partial charge in [-0.2, -0.15) is 5.01 Å². The molecule has 134 valence electrons. The zero-order valence-corrected chi connectivity index (χ0v) is 15.7. The number of benzene rings is 2. The van der Waals surface area contributed by atoms with E-state index in [2.05, 4.69) is 53.8 Å². The molecule has 1 aliphatic carbocycles. The minimum Gasteiger partial charge on any atom is -0.471 e. The highest BCUT2D eigenvalue weighted by molar-refractivity contribution is 6.30. The lowest BCUT2D eigenvalue weighted by Gasteiger charge is -2.51. The number of hydrogen-bond acceptors (Lipinski definition) is 3. The molecular formula is C22H23ClN2O.